The van der Waals surface area contributed by atoms with Gasteiger partial charge in [-0.25, -0.2) is 9.37 Å². The van der Waals surface area contributed by atoms with Gasteiger partial charge in [0.25, 0.3) is 0 Å². The van der Waals surface area contributed by atoms with Gasteiger partial charge in [-0.15, -0.1) is 0 Å². The maximum absolute atomic E-state index is 12.7. The minimum absolute atomic E-state index is 0.288. The molecule has 82 valence electrons. The number of hydrogen-bond acceptors (Lipinski definition) is 2. The summed E-state index contributed by atoms with van der Waals surface area (Å²) in [6.45, 7) is 1.95. The fourth-order valence-electron chi connectivity index (χ4n) is 1.20. The maximum atomic E-state index is 12.7. The van der Waals surface area contributed by atoms with Crippen LogP contribution in [0, 0.1) is 12.7 Å². The summed E-state index contributed by atoms with van der Waals surface area (Å²) in [6.07, 6.45) is 1.67. The number of aryl methyl sites for hydroxylation is 1. The highest BCUT2D eigenvalue weighted by atomic mass is 79.9. The van der Waals surface area contributed by atoms with Crippen molar-refractivity contribution in [3.05, 3.63) is 52.4 Å². The van der Waals surface area contributed by atoms with E-state index in [4.69, 9.17) is 4.74 Å². The van der Waals surface area contributed by atoms with Crippen LogP contribution in [-0.2, 0) is 0 Å². The summed E-state index contributed by atoms with van der Waals surface area (Å²) >= 11 is 3.39. The molecule has 1 aromatic heterocycles. The fourth-order valence-corrected chi connectivity index (χ4v) is 1.52. The Labute approximate surface area is 101 Å². The van der Waals surface area contributed by atoms with E-state index in [1.54, 1.807) is 18.3 Å². The quantitative estimate of drug-likeness (QED) is 0.827. The van der Waals surface area contributed by atoms with Crippen LogP contribution in [0.25, 0.3) is 0 Å². The van der Waals surface area contributed by atoms with Crippen molar-refractivity contribution >= 4 is 15.9 Å². The summed E-state index contributed by atoms with van der Waals surface area (Å²) in [5, 5.41) is 0. The van der Waals surface area contributed by atoms with Gasteiger partial charge in [0.2, 0.25) is 5.88 Å². The van der Waals surface area contributed by atoms with Gasteiger partial charge in [-0.1, -0.05) is 0 Å². The van der Waals surface area contributed by atoms with E-state index in [-0.39, 0.29) is 5.82 Å². The van der Waals surface area contributed by atoms with E-state index >= 15 is 0 Å². The molecule has 0 saturated heterocycles. The minimum Gasteiger partial charge on any atom is -0.438 e. The standard InChI is InChI=1S/C12H9BrFNO/c1-8-6-7-15-12(11(8)13)16-10-4-2-9(14)3-5-10/h2-7H,1H3. The first-order valence-corrected chi connectivity index (χ1v) is 5.50. The molecule has 0 saturated carbocycles. The number of benzene rings is 1. The predicted molar refractivity (Wildman–Crippen MR) is 63.1 cm³/mol. The first-order chi connectivity index (χ1) is 7.66. The molecule has 16 heavy (non-hydrogen) atoms. The Hall–Kier alpha value is -1.42. The van der Waals surface area contributed by atoms with Crippen molar-refractivity contribution in [1.82, 2.24) is 4.98 Å². The van der Waals surface area contributed by atoms with Gasteiger partial charge in [0.15, 0.2) is 0 Å². The maximum Gasteiger partial charge on any atom is 0.233 e. The highest BCUT2D eigenvalue weighted by Gasteiger charge is 2.06. The largest absolute Gasteiger partial charge is 0.438 e. The lowest BCUT2D eigenvalue weighted by Gasteiger charge is -2.07. The number of aromatic nitrogens is 1. The van der Waals surface area contributed by atoms with Crippen molar-refractivity contribution in [2.75, 3.05) is 0 Å². The number of nitrogens with zero attached hydrogens (tertiary/aromatic N) is 1. The zero-order valence-electron chi connectivity index (χ0n) is 8.58. The lowest BCUT2D eigenvalue weighted by molar-refractivity contribution is 0.457. The topological polar surface area (TPSA) is 22.1 Å². The van der Waals surface area contributed by atoms with E-state index in [1.165, 1.54) is 12.1 Å². The molecular formula is C12H9BrFNO. The van der Waals surface area contributed by atoms with E-state index in [0.29, 0.717) is 11.6 Å². The van der Waals surface area contributed by atoms with Gasteiger partial charge in [0, 0.05) is 6.20 Å². The summed E-state index contributed by atoms with van der Waals surface area (Å²) in [5.74, 6) is 0.746. The van der Waals surface area contributed by atoms with Crippen LogP contribution >= 0.6 is 15.9 Å². The second-order valence-corrected chi connectivity index (χ2v) is 4.10. The molecule has 0 N–H and O–H groups in total. The first kappa shape index (κ1) is 11.1. The second kappa shape index (κ2) is 4.61. The number of ether oxygens (including phenoxy) is 1. The van der Waals surface area contributed by atoms with E-state index in [1.807, 2.05) is 13.0 Å². The fraction of sp³-hybridized carbons (Fsp3) is 0.0833. The van der Waals surface area contributed by atoms with Gasteiger partial charge in [0.05, 0.1) is 4.47 Å². The van der Waals surface area contributed by atoms with Crippen molar-refractivity contribution < 1.29 is 9.13 Å². The normalized spacial score (nSPS) is 10.2. The third-order valence-corrected chi connectivity index (χ3v) is 3.04. The lowest BCUT2D eigenvalue weighted by Crippen LogP contribution is -1.90. The van der Waals surface area contributed by atoms with E-state index < -0.39 is 0 Å². The van der Waals surface area contributed by atoms with Crippen LogP contribution in [0.5, 0.6) is 11.6 Å². The van der Waals surface area contributed by atoms with Gasteiger partial charge < -0.3 is 4.74 Å². The molecule has 1 heterocycles. The Bertz CT molecular complexity index is 499. The molecule has 0 aliphatic carbocycles. The smallest absolute Gasteiger partial charge is 0.233 e. The second-order valence-electron chi connectivity index (χ2n) is 3.30. The Balaban J connectivity index is 2.27. The highest BCUT2D eigenvalue weighted by molar-refractivity contribution is 9.10. The molecule has 0 aliphatic rings. The molecule has 0 atom stereocenters. The van der Waals surface area contributed by atoms with Crippen LogP contribution in [0.2, 0.25) is 0 Å². The number of pyridine rings is 1. The molecule has 1 aromatic carbocycles. The van der Waals surface area contributed by atoms with Crippen molar-refractivity contribution in [3.8, 4) is 11.6 Å². The minimum atomic E-state index is -0.288. The molecule has 0 unspecified atom stereocenters. The van der Waals surface area contributed by atoms with Crippen LogP contribution < -0.4 is 4.74 Å². The van der Waals surface area contributed by atoms with Gasteiger partial charge in [-0.3, -0.25) is 0 Å². The monoisotopic (exact) mass is 281 g/mol. The third kappa shape index (κ3) is 2.39. The van der Waals surface area contributed by atoms with Crippen molar-refractivity contribution in [2.45, 2.75) is 6.92 Å². The van der Waals surface area contributed by atoms with Gasteiger partial charge >= 0.3 is 0 Å². The molecule has 0 bridgehead atoms. The molecule has 2 nitrogen and oxygen atoms in total. The molecule has 0 amide bonds. The number of hydrogen-bond donors (Lipinski definition) is 0. The zero-order chi connectivity index (χ0) is 11.5. The van der Waals surface area contributed by atoms with Crippen molar-refractivity contribution in [1.29, 1.82) is 0 Å². The first-order valence-electron chi connectivity index (χ1n) is 4.71. The molecule has 0 spiro atoms. The lowest BCUT2D eigenvalue weighted by atomic mass is 10.3. The van der Waals surface area contributed by atoms with Crippen molar-refractivity contribution in [3.63, 3.8) is 0 Å². The van der Waals surface area contributed by atoms with Gasteiger partial charge in [-0.05, 0) is 58.7 Å². The zero-order valence-corrected chi connectivity index (χ0v) is 10.2. The summed E-state index contributed by atoms with van der Waals surface area (Å²) in [6, 6.07) is 7.69. The molecule has 2 aromatic rings. The number of rotatable bonds is 2. The van der Waals surface area contributed by atoms with Crippen LogP contribution in [-0.4, -0.2) is 4.98 Å². The van der Waals surface area contributed by atoms with E-state index in [9.17, 15) is 4.39 Å². The van der Waals surface area contributed by atoms with Gasteiger partial charge in [0.1, 0.15) is 11.6 Å². The highest BCUT2D eigenvalue weighted by Crippen LogP contribution is 2.29. The van der Waals surface area contributed by atoms with Gasteiger partial charge in [-0.2, -0.15) is 0 Å². The molecule has 2 rings (SSSR count). The summed E-state index contributed by atoms with van der Waals surface area (Å²) in [7, 11) is 0. The van der Waals surface area contributed by atoms with Crippen LogP contribution in [0.4, 0.5) is 4.39 Å². The Morgan fingerprint density at radius 2 is 1.88 bits per heavy atom. The van der Waals surface area contributed by atoms with Crippen LogP contribution in [0.1, 0.15) is 5.56 Å². The molecule has 0 radical (unpaired) electrons. The van der Waals surface area contributed by atoms with Crippen LogP contribution in [0.3, 0.4) is 0 Å². The predicted octanol–water partition coefficient (Wildman–Crippen LogP) is 4.08. The summed E-state index contributed by atoms with van der Waals surface area (Å²) in [5.41, 5.74) is 1.03. The average Bonchev–Trinajstić information content (AvgIpc) is 2.28. The Morgan fingerprint density at radius 3 is 2.56 bits per heavy atom. The van der Waals surface area contributed by atoms with E-state index in [0.717, 1.165) is 10.0 Å². The average molecular weight is 282 g/mol. The molecule has 4 heteroatoms. The molecular weight excluding hydrogens is 273 g/mol. The summed E-state index contributed by atoms with van der Waals surface area (Å²) in [4.78, 5) is 4.09. The molecule has 0 fully saturated rings. The molecule has 0 aliphatic heterocycles. The Morgan fingerprint density at radius 1 is 1.19 bits per heavy atom. The number of halogens is 2. The van der Waals surface area contributed by atoms with Crippen molar-refractivity contribution in [2.24, 2.45) is 0 Å². The Kier molecular flexibility index (Phi) is 3.19. The SMILES string of the molecule is Cc1ccnc(Oc2ccc(F)cc2)c1Br. The third-order valence-electron chi connectivity index (χ3n) is 2.08. The van der Waals surface area contributed by atoms with E-state index in [2.05, 4.69) is 20.9 Å². The summed E-state index contributed by atoms with van der Waals surface area (Å²) < 4.78 is 19.0. The van der Waals surface area contributed by atoms with Crippen LogP contribution in [0.15, 0.2) is 41.0 Å².